The second kappa shape index (κ2) is 6.69. The van der Waals surface area contributed by atoms with Gasteiger partial charge in [-0.1, -0.05) is 0 Å². The van der Waals surface area contributed by atoms with Gasteiger partial charge in [0, 0.05) is 13.5 Å². The van der Waals surface area contributed by atoms with Crippen molar-refractivity contribution < 1.29 is 29.0 Å². The molecule has 9 nitrogen and oxygen atoms in total. The van der Waals surface area contributed by atoms with E-state index in [4.69, 9.17) is 5.11 Å². The third-order valence-corrected chi connectivity index (χ3v) is 2.48. The Balaban J connectivity index is 2.48. The van der Waals surface area contributed by atoms with Crippen LogP contribution in [0, 0.1) is 0 Å². The zero-order valence-corrected chi connectivity index (χ0v) is 10.3. The first-order valence-electron chi connectivity index (χ1n) is 5.56. The van der Waals surface area contributed by atoms with E-state index in [-0.39, 0.29) is 19.4 Å². The van der Waals surface area contributed by atoms with Gasteiger partial charge in [-0.25, -0.2) is 9.59 Å². The first-order valence-corrected chi connectivity index (χ1v) is 5.56. The van der Waals surface area contributed by atoms with Crippen molar-refractivity contribution in [3.63, 3.8) is 0 Å². The normalized spacial score (nSPS) is 20.4. The average Bonchev–Trinajstić information content (AvgIpc) is 2.32. The van der Waals surface area contributed by atoms with Gasteiger partial charge in [-0.05, 0) is 6.42 Å². The van der Waals surface area contributed by atoms with Crippen LogP contribution in [-0.4, -0.2) is 54.7 Å². The van der Waals surface area contributed by atoms with Gasteiger partial charge in [0.2, 0.25) is 11.8 Å². The van der Waals surface area contributed by atoms with Gasteiger partial charge >= 0.3 is 12.0 Å². The lowest BCUT2D eigenvalue weighted by Gasteiger charge is -2.23. The highest BCUT2D eigenvalue weighted by molar-refractivity contribution is 6.01. The van der Waals surface area contributed by atoms with Crippen molar-refractivity contribution >= 4 is 23.8 Å². The summed E-state index contributed by atoms with van der Waals surface area (Å²) in [6, 6.07) is -2.87. The number of carboxylic acid groups (broad SMARTS) is 1. The van der Waals surface area contributed by atoms with Crippen molar-refractivity contribution in [1.29, 1.82) is 0 Å². The van der Waals surface area contributed by atoms with E-state index in [0.717, 1.165) is 0 Å². The minimum atomic E-state index is -1.25. The average molecular weight is 273 g/mol. The summed E-state index contributed by atoms with van der Waals surface area (Å²) in [5.41, 5.74) is 0. The molecule has 1 rings (SSSR count). The molecule has 4 amide bonds. The van der Waals surface area contributed by atoms with E-state index in [1.54, 1.807) is 0 Å². The van der Waals surface area contributed by atoms with Crippen LogP contribution in [0.2, 0.25) is 0 Å². The van der Waals surface area contributed by atoms with Crippen molar-refractivity contribution in [2.24, 2.45) is 0 Å². The summed E-state index contributed by atoms with van der Waals surface area (Å²) < 4.78 is 4.64. The number of aliphatic carboxylic acids is 1. The molecule has 0 aromatic rings. The maximum Gasteiger partial charge on any atom is 0.328 e. The van der Waals surface area contributed by atoms with Crippen LogP contribution in [0.25, 0.3) is 0 Å². The highest BCUT2D eigenvalue weighted by atomic mass is 16.5. The standard InChI is InChI=1S/C10H15N3O6/c1-19-4-6(9(16)17)12-10(18)11-5-2-3-7(14)13-8(5)15/h5-6H,2-4H2,1H3,(H,16,17)(H2,11,12,18)(H,13,14,15). The lowest BCUT2D eigenvalue weighted by molar-refractivity contribution is -0.140. The predicted octanol–water partition coefficient (Wildman–Crippen LogP) is -1.81. The van der Waals surface area contributed by atoms with Crippen LogP contribution in [0.4, 0.5) is 4.79 Å². The number of piperidine rings is 1. The van der Waals surface area contributed by atoms with Gasteiger partial charge in [0.05, 0.1) is 6.61 Å². The van der Waals surface area contributed by atoms with E-state index in [9.17, 15) is 19.2 Å². The zero-order chi connectivity index (χ0) is 14.4. The minimum Gasteiger partial charge on any atom is -0.480 e. The second-order valence-electron chi connectivity index (χ2n) is 3.97. The van der Waals surface area contributed by atoms with Gasteiger partial charge in [0.1, 0.15) is 6.04 Å². The fourth-order valence-electron chi connectivity index (χ4n) is 1.53. The van der Waals surface area contributed by atoms with E-state index < -0.39 is 35.9 Å². The summed E-state index contributed by atoms with van der Waals surface area (Å²) in [7, 11) is 1.30. The lowest BCUT2D eigenvalue weighted by atomic mass is 10.1. The number of hydrogen-bond acceptors (Lipinski definition) is 5. The molecular formula is C10H15N3O6. The van der Waals surface area contributed by atoms with E-state index in [1.165, 1.54) is 7.11 Å². The van der Waals surface area contributed by atoms with Crippen molar-refractivity contribution in [2.75, 3.05) is 13.7 Å². The predicted molar refractivity (Wildman–Crippen MR) is 61.1 cm³/mol. The maximum atomic E-state index is 11.5. The number of imide groups is 1. The number of ether oxygens (including phenoxy) is 1. The summed E-state index contributed by atoms with van der Waals surface area (Å²) in [5.74, 6) is -2.25. The van der Waals surface area contributed by atoms with E-state index in [2.05, 4.69) is 20.7 Å². The van der Waals surface area contributed by atoms with Gasteiger partial charge in [-0.15, -0.1) is 0 Å². The highest BCUT2D eigenvalue weighted by Crippen LogP contribution is 2.03. The quantitative estimate of drug-likeness (QED) is 0.436. The van der Waals surface area contributed by atoms with Gasteiger partial charge in [0.25, 0.3) is 0 Å². The number of carbonyl (C=O) groups is 4. The number of amides is 4. The van der Waals surface area contributed by atoms with Gasteiger partial charge in [0.15, 0.2) is 6.04 Å². The number of hydrogen-bond donors (Lipinski definition) is 4. The topological polar surface area (TPSA) is 134 Å². The zero-order valence-electron chi connectivity index (χ0n) is 10.3. The molecule has 1 aliphatic rings. The molecule has 2 atom stereocenters. The number of carbonyl (C=O) groups excluding carboxylic acids is 3. The molecule has 0 aliphatic carbocycles. The van der Waals surface area contributed by atoms with Crippen LogP contribution < -0.4 is 16.0 Å². The molecule has 0 bridgehead atoms. The summed E-state index contributed by atoms with van der Waals surface area (Å²) in [6.45, 7) is -0.196. The van der Waals surface area contributed by atoms with Crippen LogP contribution in [0.15, 0.2) is 0 Å². The Kier molecular flexibility index (Phi) is 5.24. The first kappa shape index (κ1) is 14.9. The highest BCUT2D eigenvalue weighted by Gasteiger charge is 2.29. The Morgan fingerprint density at radius 1 is 1.53 bits per heavy atom. The third kappa shape index (κ3) is 4.54. The van der Waals surface area contributed by atoms with E-state index in [0.29, 0.717) is 0 Å². The molecule has 9 heteroatoms. The fraction of sp³-hybridized carbons (Fsp3) is 0.600. The van der Waals surface area contributed by atoms with Crippen molar-refractivity contribution in [2.45, 2.75) is 24.9 Å². The summed E-state index contributed by atoms with van der Waals surface area (Å²) >= 11 is 0. The summed E-state index contributed by atoms with van der Waals surface area (Å²) in [5, 5.41) is 15.3. The molecule has 19 heavy (non-hydrogen) atoms. The Hall–Kier alpha value is -2.16. The number of carboxylic acids is 1. The Morgan fingerprint density at radius 2 is 2.21 bits per heavy atom. The molecule has 1 aliphatic heterocycles. The van der Waals surface area contributed by atoms with Crippen LogP contribution in [-0.2, 0) is 19.1 Å². The molecular weight excluding hydrogens is 258 g/mol. The molecule has 2 unspecified atom stereocenters. The van der Waals surface area contributed by atoms with Crippen LogP contribution in [0.1, 0.15) is 12.8 Å². The molecule has 1 fully saturated rings. The smallest absolute Gasteiger partial charge is 0.328 e. The summed E-state index contributed by atoms with van der Waals surface area (Å²) in [6.07, 6.45) is 0.303. The number of rotatable bonds is 5. The number of urea groups is 1. The molecule has 0 aromatic heterocycles. The van der Waals surface area contributed by atoms with Gasteiger partial charge < -0.3 is 20.5 Å². The van der Waals surface area contributed by atoms with Crippen molar-refractivity contribution in [1.82, 2.24) is 16.0 Å². The van der Waals surface area contributed by atoms with Crippen molar-refractivity contribution in [3.05, 3.63) is 0 Å². The SMILES string of the molecule is COCC(NC(=O)NC1CCC(=O)NC1=O)C(=O)O. The molecule has 0 radical (unpaired) electrons. The van der Waals surface area contributed by atoms with E-state index >= 15 is 0 Å². The molecule has 4 N–H and O–H groups in total. The number of methoxy groups -OCH3 is 1. The van der Waals surface area contributed by atoms with Crippen LogP contribution >= 0.6 is 0 Å². The molecule has 0 aromatic carbocycles. The maximum absolute atomic E-state index is 11.5. The Morgan fingerprint density at radius 3 is 2.74 bits per heavy atom. The number of nitrogens with one attached hydrogen (secondary N) is 3. The molecule has 1 heterocycles. The molecule has 106 valence electrons. The van der Waals surface area contributed by atoms with Crippen LogP contribution in [0.5, 0.6) is 0 Å². The Bertz CT molecular complexity index is 397. The second-order valence-corrected chi connectivity index (χ2v) is 3.97. The summed E-state index contributed by atoms with van der Waals surface area (Å²) in [4.78, 5) is 44.6. The van der Waals surface area contributed by atoms with Crippen molar-refractivity contribution in [3.8, 4) is 0 Å². The first-order chi connectivity index (χ1) is 8.93. The minimum absolute atomic E-state index is 0.122. The molecule has 0 spiro atoms. The lowest BCUT2D eigenvalue weighted by Crippen LogP contribution is -2.56. The molecule has 1 saturated heterocycles. The largest absolute Gasteiger partial charge is 0.480 e. The third-order valence-electron chi connectivity index (χ3n) is 2.48. The molecule has 0 saturated carbocycles. The van der Waals surface area contributed by atoms with E-state index in [1.807, 2.05) is 0 Å². The van der Waals surface area contributed by atoms with Crippen LogP contribution in [0.3, 0.4) is 0 Å². The fourth-order valence-corrected chi connectivity index (χ4v) is 1.53. The Labute approximate surface area is 108 Å². The van der Waals surface area contributed by atoms with Gasteiger partial charge in [-0.2, -0.15) is 0 Å². The monoisotopic (exact) mass is 273 g/mol. The van der Waals surface area contributed by atoms with Gasteiger partial charge in [-0.3, -0.25) is 14.9 Å².